The molecular formula is C21H24N2O5S. The van der Waals surface area contributed by atoms with Crippen LogP contribution in [-0.4, -0.2) is 49.0 Å². The first kappa shape index (κ1) is 20.9. The number of benzene rings is 1. The number of rotatable bonds is 6. The van der Waals surface area contributed by atoms with Crippen molar-refractivity contribution in [2.75, 3.05) is 25.5 Å². The molecule has 29 heavy (non-hydrogen) atoms. The van der Waals surface area contributed by atoms with Crippen LogP contribution < -0.4 is 10.1 Å². The quantitative estimate of drug-likeness (QED) is 0.731. The van der Waals surface area contributed by atoms with Gasteiger partial charge in [0.15, 0.2) is 6.10 Å². The summed E-state index contributed by atoms with van der Waals surface area (Å²) in [4.78, 5) is 39.6. The molecule has 0 radical (unpaired) electrons. The van der Waals surface area contributed by atoms with E-state index in [0.29, 0.717) is 42.2 Å². The molecule has 0 bridgehead atoms. The molecule has 0 unspecified atom stereocenters. The highest BCUT2D eigenvalue weighted by Gasteiger charge is 2.31. The average molecular weight is 416 g/mol. The zero-order chi connectivity index (χ0) is 20.8. The molecule has 1 aliphatic heterocycles. The fourth-order valence-electron chi connectivity index (χ4n) is 3.14. The fourth-order valence-corrected chi connectivity index (χ4v) is 3.83. The third-order valence-electron chi connectivity index (χ3n) is 4.85. The van der Waals surface area contributed by atoms with Crippen LogP contribution in [0, 0.1) is 5.92 Å². The second-order valence-corrected chi connectivity index (χ2v) is 7.79. The molecule has 1 aromatic carbocycles. The van der Waals surface area contributed by atoms with E-state index in [2.05, 4.69) is 5.32 Å². The van der Waals surface area contributed by atoms with Gasteiger partial charge < -0.3 is 19.7 Å². The third kappa shape index (κ3) is 5.35. The number of piperidine rings is 1. The highest BCUT2D eigenvalue weighted by atomic mass is 32.1. The first-order valence-corrected chi connectivity index (χ1v) is 10.3. The Hall–Kier alpha value is -2.87. The summed E-state index contributed by atoms with van der Waals surface area (Å²) < 4.78 is 10.5. The SMILES string of the molecule is COc1cccc(NC(=O)[C@H](C)OC(=O)C2CCN(C(=O)c3cccs3)CC2)c1. The third-order valence-corrected chi connectivity index (χ3v) is 5.70. The number of hydrogen-bond acceptors (Lipinski definition) is 6. The lowest BCUT2D eigenvalue weighted by atomic mass is 9.97. The Bertz CT molecular complexity index is 860. The Morgan fingerprint density at radius 2 is 1.93 bits per heavy atom. The Balaban J connectivity index is 1.47. The second-order valence-electron chi connectivity index (χ2n) is 6.84. The maximum absolute atomic E-state index is 12.4. The van der Waals surface area contributed by atoms with Crippen LogP contribution >= 0.6 is 11.3 Å². The van der Waals surface area contributed by atoms with Crippen molar-refractivity contribution in [1.29, 1.82) is 0 Å². The van der Waals surface area contributed by atoms with Gasteiger partial charge in [0.25, 0.3) is 11.8 Å². The van der Waals surface area contributed by atoms with Crippen molar-refractivity contribution in [1.82, 2.24) is 4.90 Å². The monoisotopic (exact) mass is 416 g/mol. The minimum absolute atomic E-state index is 0.00199. The lowest BCUT2D eigenvalue weighted by molar-refractivity contribution is -0.158. The van der Waals surface area contributed by atoms with Crippen molar-refractivity contribution in [3.63, 3.8) is 0 Å². The molecule has 1 saturated heterocycles. The van der Waals surface area contributed by atoms with Crippen LogP contribution in [0.1, 0.15) is 29.4 Å². The summed E-state index contributed by atoms with van der Waals surface area (Å²) in [6.07, 6.45) is 0.139. The van der Waals surface area contributed by atoms with Crippen molar-refractivity contribution in [2.45, 2.75) is 25.9 Å². The molecule has 1 fully saturated rings. The van der Waals surface area contributed by atoms with Gasteiger partial charge in [0, 0.05) is 24.8 Å². The zero-order valence-corrected chi connectivity index (χ0v) is 17.2. The average Bonchev–Trinajstić information content (AvgIpc) is 3.28. The number of ether oxygens (including phenoxy) is 2. The smallest absolute Gasteiger partial charge is 0.309 e. The van der Waals surface area contributed by atoms with Crippen LogP contribution in [-0.2, 0) is 14.3 Å². The van der Waals surface area contributed by atoms with Crippen molar-refractivity contribution >= 4 is 34.8 Å². The summed E-state index contributed by atoms with van der Waals surface area (Å²) in [6.45, 7) is 2.55. The molecule has 1 aliphatic rings. The summed E-state index contributed by atoms with van der Waals surface area (Å²) >= 11 is 1.41. The number of anilines is 1. The lowest BCUT2D eigenvalue weighted by Gasteiger charge is -2.31. The predicted octanol–water partition coefficient (Wildman–Crippen LogP) is 3.18. The minimum atomic E-state index is -0.917. The standard InChI is InChI=1S/C21H24N2O5S/c1-14(19(24)22-16-5-3-6-17(13-16)27-2)28-21(26)15-8-10-23(11-9-15)20(25)18-7-4-12-29-18/h3-7,12-15H,8-11H2,1-2H3,(H,22,24)/t14-/m0/s1. The van der Waals surface area contributed by atoms with Crippen LogP contribution in [0.3, 0.4) is 0 Å². The summed E-state index contributed by atoms with van der Waals surface area (Å²) in [5.74, 6) is -0.498. The van der Waals surface area contributed by atoms with Crippen LogP contribution in [0.5, 0.6) is 5.75 Å². The van der Waals surface area contributed by atoms with Gasteiger partial charge in [-0.15, -0.1) is 11.3 Å². The highest BCUT2D eigenvalue weighted by Crippen LogP contribution is 2.23. The van der Waals surface area contributed by atoms with E-state index in [0.717, 1.165) is 0 Å². The molecule has 2 amide bonds. The number of carbonyl (C=O) groups is 3. The number of nitrogens with zero attached hydrogens (tertiary/aromatic N) is 1. The van der Waals surface area contributed by atoms with E-state index in [1.54, 1.807) is 49.3 Å². The molecule has 2 heterocycles. The number of methoxy groups -OCH3 is 1. The van der Waals surface area contributed by atoms with E-state index in [-0.39, 0.29) is 11.8 Å². The maximum Gasteiger partial charge on any atom is 0.309 e. The van der Waals surface area contributed by atoms with Crippen LogP contribution in [0.25, 0.3) is 0 Å². The molecule has 0 spiro atoms. The molecule has 154 valence electrons. The molecular weight excluding hydrogens is 392 g/mol. The number of amides is 2. The van der Waals surface area contributed by atoms with Gasteiger partial charge in [-0.25, -0.2) is 0 Å². The summed E-state index contributed by atoms with van der Waals surface area (Å²) in [5.41, 5.74) is 0.567. The van der Waals surface area contributed by atoms with Gasteiger partial charge in [-0.1, -0.05) is 12.1 Å². The molecule has 7 nitrogen and oxygen atoms in total. The Labute approximate surface area is 173 Å². The topological polar surface area (TPSA) is 84.9 Å². The minimum Gasteiger partial charge on any atom is -0.497 e. The predicted molar refractivity (Wildman–Crippen MR) is 110 cm³/mol. The molecule has 1 atom stereocenters. The first-order valence-electron chi connectivity index (χ1n) is 9.46. The lowest BCUT2D eigenvalue weighted by Crippen LogP contribution is -2.41. The second kappa shape index (κ2) is 9.56. The number of thiophene rings is 1. The number of likely N-dealkylation sites (tertiary alicyclic amines) is 1. The van der Waals surface area contributed by atoms with Gasteiger partial charge in [-0.3, -0.25) is 14.4 Å². The summed E-state index contributed by atoms with van der Waals surface area (Å²) in [5, 5.41) is 4.58. The number of nitrogens with one attached hydrogen (secondary N) is 1. The Morgan fingerprint density at radius 3 is 2.59 bits per heavy atom. The Kier molecular flexibility index (Phi) is 6.87. The highest BCUT2D eigenvalue weighted by molar-refractivity contribution is 7.12. The largest absolute Gasteiger partial charge is 0.497 e. The zero-order valence-electron chi connectivity index (χ0n) is 16.4. The van der Waals surface area contributed by atoms with Crippen molar-refractivity contribution in [3.8, 4) is 5.75 Å². The molecule has 3 rings (SSSR count). The van der Waals surface area contributed by atoms with Gasteiger partial charge in [0.2, 0.25) is 0 Å². The van der Waals surface area contributed by atoms with Crippen molar-refractivity contribution < 1.29 is 23.9 Å². The fraction of sp³-hybridized carbons (Fsp3) is 0.381. The number of carbonyl (C=O) groups excluding carboxylic acids is 3. The van der Waals surface area contributed by atoms with Gasteiger partial charge in [-0.2, -0.15) is 0 Å². The van der Waals surface area contributed by atoms with E-state index >= 15 is 0 Å². The molecule has 1 N–H and O–H groups in total. The van der Waals surface area contributed by atoms with Crippen LogP contribution in [0.2, 0.25) is 0 Å². The van der Waals surface area contributed by atoms with E-state index in [4.69, 9.17) is 9.47 Å². The molecule has 0 aliphatic carbocycles. The van der Waals surface area contributed by atoms with E-state index in [1.807, 2.05) is 11.4 Å². The molecule has 2 aromatic rings. The Morgan fingerprint density at radius 1 is 1.17 bits per heavy atom. The van der Waals surface area contributed by atoms with E-state index in [1.165, 1.54) is 11.3 Å². The maximum atomic E-state index is 12.4. The van der Waals surface area contributed by atoms with E-state index < -0.39 is 18.0 Å². The summed E-state index contributed by atoms with van der Waals surface area (Å²) in [7, 11) is 1.55. The molecule has 8 heteroatoms. The normalized spacial score (nSPS) is 15.4. The van der Waals surface area contributed by atoms with E-state index in [9.17, 15) is 14.4 Å². The van der Waals surface area contributed by atoms with Crippen LogP contribution in [0.4, 0.5) is 5.69 Å². The van der Waals surface area contributed by atoms with Gasteiger partial charge in [-0.05, 0) is 43.3 Å². The van der Waals surface area contributed by atoms with Gasteiger partial charge >= 0.3 is 5.97 Å². The summed E-state index contributed by atoms with van der Waals surface area (Å²) in [6, 6.07) is 10.6. The number of esters is 1. The number of hydrogen-bond donors (Lipinski definition) is 1. The first-order chi connectivity index (χ1) is 14.0. The van der Waals surface area contributed by atoms with Gasteiger partial charge in [0.05, 0.1) is 17.9 Å². The van der Waals surface area contributed by atoms with Gasteiger partial charge in [0.1, 0.15) is 5.75 Å². The van der Waals surface area contributed by atoms with Crippen molar-refractivity contribution in [3.05, 3.63) is 46.7 Å². The molecule has 1 aromatic heterocycles. The van der Waals surface area contributed by atoms with Crippen molar-refractivity contribution in [2.24, 2.45) is 5.92 Å². The van der Waals surface area contributed by atoms with Crippen LogP contribution in [0.15, 0.2) is 41.8 Å². The molecule has 0 saturated carbocycles.